The molecular weight excluding hydrogens is 359 g/mol. The van der Waals surface area contributed by atoms with Gasteiger partial charge in [0.25, 0.3) is 0 Å². The van der Waals surface area contributed by atoms with Gasteiger partial charge in [-0.1, -0.05) is 67.6 Å². The van der Waals surface area contributed by atoms with Crippen LogP contribution in [0.2, 0.25) is 0 Å². The van der Waals surface area contributed by atoms with Gasteiger partial charge in [-0.15, -0.1) is 0 Å². The molecule has 3 rings (SSSR count). The second-order valence-electron chi connectivity index (χ2n) is 6.47. The molecule has 0 radical (unpaired) electrons. The zero-order valence-corrected chi connectivity index (χ0v) is 16.1. The van der Waals surface area contributed by atoms with Crippen LogP contribution in [0.15, 0.2) is 72.8 Å². The highest BCUT2D eigenvalue weighted by Crippen LogP contribution is 2.38. The second-order valence-corrected chi connectivity index (χ2v) is 8.04. The van der Waals surface area contributed by atoms with Gasteiger partial charge in [0.2, 0.25) is 0 Å². The Morgan fingerprint density at radius 1 is 0.815 bits per heavy atom. The largest absolute Gasteiger partial charge is 0.488 e. The topological polar surface area (TPSA) is 66.8 Å². The molecular formula is C22H23O4P. The van der Waals surface area contributed by atoms with E-state index in [1.54, 1.807) is 12.1 Å². The van der Waals surface area contributed by atoms with Gasteiger partial charge in [0, 0.05) is 0 Å². The molecule has 5 heteroatoms. The molecule has 0 amide bonds. The van der Waals surface area contributed by atoms with Crippen molar-refractivity contribution in [1.82, 2.24) is 0 Å². The number of rotatable bonds is 7. The van der Waals surface area contributed by atoms with Gasteiger partial charge in [-0.3, -0.25) is 4.57 Å². The van der Waals surface area contributed by atoms with Crippen LogP contribution in [0.5, 0.6) is 5.75 Å². The first-order valence-electron chi connectivity index (χ1n) is 8.89. The van der Waals surface area contributed by atoms with Gasteiger partial charge in [-0.2, -0.15) is 0 Å². The maximum absolute atomic E-state index is 12.0. The highest BCUT2D eigenvalue weighted by molar-refractivity contribution is 7.60. The van der Waals surface area contributed by atoms with Crippen molar-refractivity contribution in [2.24, 2.45) is 0 Å². The fourth-order valence-electron chi connectivity index (χ4n) is 2.89. The molecule has 27 heavy (non-hydrogen) atoms. The van der Waals surface area contributed by atoms with Crippen LogP contribution in [0.3, 0.4) is 0 Å². The Morgan fingerprint density at radius 3 is 2.07 bits per heavy atom. The molecule has 0 aromatic heterocycles. The molecule has 0 unspecified atom stereocenters. The van der Waals surface area contributed by atoms with E-state index >= 15 is 0 Å². The smallest absolute Gasteiger partial charge is 0.359 e. The second kappa shape index (κ2) is 8.53. The van der Waals surface area contributed by atoms with Crippen LogP contribution in [0, 0.1) is 0 Å². The van der Waals surface area contributed by atoms with Gasteiger partial charge in [0.15, 0.2) is 0 Å². The Labute approximate surface area is 159 Å². The predicted molar refractivity (Wildman–Crippen MR) is 108 cm³/mol. The minimum absolute atomic E-state index is 0.0684. The van der Waals surface area contributed by atoms with Crippen LogP contribution in [0.4, 0.5) is 0 Å². The molecule has 140 valence electrons. The van der Waals surface area contributed by atoms with E-state index in [1.807, 2.05) is 36.4 Å². The maximum atomic E-state index is 12.0. The summed E-state index contributed by atoms with van der Waals surface area (Å²) < 4.78 is 17.7. The Balaban J connectivity index is 1.81. The summed E-state index contributed by atoms with van der Waals surface area (Å²) in [6.45, 7) is 2.36. The molecule has 0 atom stereocenters. The number of aryl methyl sites for hydroxylation is 1. The molecule has 4 nitrogen and oxygen atoms in total. The first kappa shape index (κ1) is 19.4. The van der Waals surface area contributed by atoms with Crippen molar-refractivity contribution in [2.45, 2.75) is 26.4 Å². The molecule has 0 spiro atoms. The summed E-state index contributed by atoms with van der Waals surface area (Å²) in [6, 6.07) is 22.8. The van der Waals surface area contributed by atoms with E-state index in [-0.39, 0.29) is 17.7 Å². The van der Waals surface area contributed by atoms with E-state index in [4.69, 9.17) is 4.74 Å². The van der Waals surface area contributed by atoms with Crippen molar-refractivity contribution in [3.63, 3.8) is 0 Å². The summed E-state index contributed by atoms with van der Waals surface area (Å²) in [6.07, 6.45) is 1.59. The van der Waals surface area contributed by atoms with E-state index in [9.17, 15) is 14.4 Å². The van der Waals surface area contributed by atoms with E-state index in [0.717, 1.165) is 23.1 Å². The lowest BCUT2D eigenvalue weighted by Gasteiger charge is -2.14. The van der Waals surface area contributed by atoms with Crippen molar-refractivity contribution < 1.29 is 19.1 Å². The van der Waals surface area contributed by atoms with Gasteiger partial charge in [-0.25, -0.2) is 0 Å². The zero-order chi connectivity index (χ0) is 19.3. The van der Waals surface area contributed by atoms with Gasteiger partial charge >= 0.3 is 7.60 Å². The van der Waals surface area contributed by atoms with E-state index < -0.39 is 7.60 Å². The van der Waals surface area contributed by atoms with Crippen LogP contribution < -0.4 is 10.0 Å². The molecule has 3 aromatic carbocycles. The lowest BCUT2D eigenvalue weighted by Crippen LogP contribution is -2.11. The third kappa shape index (κ3) is 5.30. The average Bonchev–Trinajstić information content (AvgIpc) is 2.67. The zero-order valence-electron chi connectivity index (χ0n) is 15.2. The fourth-order valence-corrected chi connectivity index (χ4v) is 3.65. The summed E-state index contributed by atoms with van der Waals surface area (Å²) in [4.78, 5) is 19.5. The maximum Gasteiger partial charge on any atom is 0.359 e. The Bertz CT molecular complexity index is 930. The van der Waals surface area contributed by atoms with Crippen LogP contribution in [0.25, 0.3) is 0 Å². The molecule has 0 saturated heterocycles. The fraction of sp³-hybridized carbons (Fsp3) is 0.182. The van der Waals surface area contributed by atoms with E-state index in [1.165, 1.54) is 5.56 Å². The lowest BCUT2D eigenvalue weighted by molar-refractivity contribution is 0.306. The van der Waals surface area contributed by atoms with Crippen molar-refractivity contribution in [2.75, 3.05) is 0 Å². The normalized spacial score (nSPS) is 11.4. The molecule has 3 aromatic rings. The van der Waals surface area contributed by atoms with Crippen LogP contribution in [-0.2, 0) is 24.0 Å². The van der Waals surface area contributed by atoms with Gasteiger partial charge in [-0.05, 0) is 47.2 Å². The number of ether oxygens (including phenoxy) is 1. The highest BCUT2D eigenvalue weighted by Gasteiger charge is 2.23. The molecule has 0 saturated carbocycles. The summed E-state index contributed by atoms with van der Waals surface area (Å²) in [7, 11) is -4.45. The number of hydrogen-bond donors (Lipinski definition) is 2. The molecule has 0 bridgehead atoms. The van der Waals surface area contributed by atoms with Gasteiger partial charge in [0.05, 0.1) is 0 Å². The number of hydrogen-bond acceptors (Lipinski definition) is 2. The van der Waals surface area contributed by atoms with E-state index in [2.05, 4.69) is 31.2 Å². The SMILES string of the molecule is CCc1ccc(Cc2ccc(OCc3ccccc3)c(P(=O)(O)O)c2)cc1. The average molecular weight is 382 g/mol. The number of benzene rings is 3. The van der Waals surface area contributed by atoms with Crippen molar-refractivity contribution in [3.05, 3.63) is 95.1 Å². The van der Waals surface area contributed by atoms with Gasteiger partial charge in [0.1, 0.15) is 17.7 Å². The Kier molecular flexibility index (Phi) is 6.12. The molecule has 0 aliphatic rings. The van der Waals surface area contributed by atoms with Crippen molar-refractivity contribution in [3.8, 4) is 5.75 Å². The summed E-state index contributed by atoms with van der Waals surface area (Å²) in [5.74, 6) is 0.220. The van der Waals surface area contributed by atoms with E-state index in [0.29, 0.717) is 6.42 Å². The third-order valence-corrected chi connectivity index (χ3v) is 5.39. The lowest BCUT2D eigenvalue weighted by atomic mass is 10.0. The van der Waals surface area contributed by atoms with Crippen LogP contribution >= 0.6 is 7.60 Å². The first-order chi connectivity index (χ1) is 13.0. The predicted octanol–water partition coefficient (Wildman–Crippen LogP) is 4.22. The summed E-state index contributed by atoms with van der Waals surface area (Å²) in [5.41, 5.74) is 4.14. The first-order valence-corrected chi connectivity index (χ1v) is 10.5. The van der Waals surface area contributed by atoms with Crippen LogP contribution in [-0.4, -0.2) is 9.79 Å². The highest BCUT2D eigenvalue weighted by atomic mass is 31.2. The monoisotopic (exact) mass is 382 g/mol. The molecule has 2 N–H and O–H groups in total. The molecule has 0 aliphatic heterocycles. The quantitative estimate of drug-likeness (QED) is 0.601. The third-order valence-electron chi connectivity index (χ3n) is 4.41. The minimum atomic E-state index is -4.45. The summed E-state index contributed by atoms with van der Waals surface area (Å²) >= 11 is 0. The minimum Gasteiger partial charge on any atom is -0.488 e. The van der Waals surface area contributed by atoms with Crippen molar-refractivity contribution >= 4 is 12.9 Å². The molecule has 0 aliphatic carbocycles. The summed E-state index contributed by atoms with van der Waals surface area (Å²) in [5, 5.41) is -0.0684. The van der Waals surface area contributed by atoms with Crippen molar-refractivity contribution in [1.29, 1.82) is 0 Å². The Morgan fingerprint density at radius 2 is 1.44 bits per heavy atom. The Hall–Kier alpha value is -2.39. The molecule has 0 fully saturated rings. The van der Waals surface area contributed by atoms with Gasteiger partial charge < -0.3 is 14.5 Å². The standard InChI is InChI=1S/C22H23O4P/c1-2-17-8-10-18(11-9-17)14-20-12-13-21(22(15-20)27(23,24)25)26-16-19-6-4-3-5-7-19/h3-13,15H,2,14,16H2,1H3,(H2,23,24,25). The molecule has 0 heterocycles. The van der Waals surface area contributed by atoms with Crippen LogP contribution in [0.1, 0.15) is 29.2 Å².